The summed E-state index contributed by atoms with van der Waals surface area (Å²) in [5, 5.41) is 15.0. The number of ether oxygens (including phenoxy) is 2. The molecular formula is C27H19F3N8O4. The van der Waals surface area contributed by atoms with Gasteiger partial charge in [0.2, 0.25) is 5.95 Å². The zero-order chi connectivity index (χ0) is 30.0. The molecule has 0 spiro atoms. The van der Waals surface area contributed by atoms with Crippen LogP contribution in [-0.4, -0.2) is 30.2 Å². The van der Waals surface area contributed by atoms with Crippen LogP contribution in [-0.2, 0) is 20.3 Å². The number of carbonyl (C=O) groups is 1. The Bertz CT molecular complexity index is 1910. The van der Waals surface area contributed by atoms with E-state index in [-0.39, 0.29) is 45.7 Å². The smallest absolute Gasteiger partial charge is 0.418 e. The molecule has 0 aliphatic heterocycles. The number of aryl methyl sites for hydroxylation is 2. The normalized spacial score (nSPS) is 11.1. The minimum absolute atomic E-state index is 0.00908. The van der Waals surface area contributed by atoms with Gasteiger partial charge >= 0.3 is 12.3 Å². The molecule has 0 atom stereocenters. The summed E-state index contributed by atoms with van der Waals surface area (Å²) in [5.41, 5.74) is -1.84. The second kappa shape index (κ2) is 10.9. The number of hydrogen-bond donors (Lipinski definition) is 2. The summed E-state index contributed by atoms with van der Waals surface area (Å²) in [6.07, 6.45) is -2.16. The van der Waals surface area contributed by atoms with Crippen molar-refractivity contribution in [3.8, 4) is 23.3 Å². The first kappa shape index (κ1) is 27.6. The summed E-state index contributed by atoms with van der Waals surface area (Å²) in [6, 6.07) is 14.0. The fourth-order valence-corrected chi connectivity index (χ4v) is 3.92. The zero-order valence-corrected chi connectivity index (χ0v) is 21.8. The van der Waals surface area contributed by atoms with Crippen LogP contribution < -0.4 is 25.7 Å². The number of imidazole rings is 1. The Hall–Kier alpha value is -5.91. The molecule has 0 fully saturated rings. The topological polar surface area (TPSA) is 149 Å². The third kappa shape index (κ3) is 5.68. The van der Waals surface area contributed by atoms with Gasteiger partial charge in [-0.25, -0.2) is 14.8 Å². The number of fused-ring (bicyclic) bond motifs is 1. The highest BCUT2D eigenvalue weighted by Crippen LogP contribution is 2.33. The van der Waals surface area contributed by atoms with Crippen molar-refractivity contribution in [3.05, 3.63) is 88.6 Å². The number of pyridine rings is 3. The number of carbonyl (C=O) groups excluding carboxylic acids is 1. The van der Waals surface area contributed by atoms with Crippen molar-refractivity contribution in [2.45, 2.75) is 6.18 Å². The first-order chi connectivity index (χ1) is 20.0. The number of aromatic nitrogens is 5. The zero-order valence-electron chi connectivity index (χ0n) is 21.8. The first-order valence-electron chi connectivity index (χ1n) is 12.0. The molecule has 4 heterocycles. The fourth-order valence-electron chi connectivity index (χ4n) is 3.92. The van der Waals surface area contributed by atoms with Crippen LogP contribution in [0.1, 0.15) is 11.1 Å². The van der Waals surface area contributed by atoms with Crippen LogP contribution in [0.25, 0.3) is 11.2 Å². The molecule has 0 aliphatic carbocycles. The van der Waals surface area contributed by atoms with Crippen LogP contribution in [0.5, 0.6) is 17.2 Å². The predicted octanol–water partition coefficient (Wildman–Crippen LogP) is 5.10. The maximum absolute atomic E-state index is 13.3. The van der Waals surface area contributed by atoms with E-state index in [1.165, 1.54) is 43.2 Å². The van der Waals surface area contributed by atoms with Crippen molar-refractivity contribution in [2.24, 2.45) is 14.1 Å². The van der Waals surface area contributed by atoms with Gasteiger partial charge in [-0.15, -0.1) is 0 Å². The van der Waals surface area contributed by atoms with Crippen LogP contribution in [0.4, 0.5) is 35.4 Å². The maximum Gasteiger partial charge on any atom is 0.418 e. The molecule has 0 aliphatic rings. The summed E-state index contributed by atoms with van der Waals surface area (Å²) < 4.78 is 53.1. The molecule has 12 nitrogen and oxygen atoms in total. The van der Waals surface area contributed by atoms with Crippen molar-refractivity contribution >= 4 is 34.7 Å². The van der Waals surface area contributed by atoms with Gasteiger partial charge in [0, 0.05) is 32.6 Å². The fraction of sp³-hybridized carbons (Fsp3) is 0.111. The Kier molecular flexibility index (Phi) is 7.19. The number of rotatable bonds is 6. The lowest BCUT2D eigenvalue weighted by atomic mass is 10.2. The van der Waals surface area contributed by atoms with Crippen molar-refractivity contribution in [3.63, 3.8) is 0 Å². The molecule has 5 aromatic rings. The molecule has 42 heavy (non-hydrogen) atoms. The molecule has 0 bridgehead atoms. The molecule has 0 radical (unpaired) electrons. The first-order valence-corrected chi connectivity index (χ1v) is 12.0. The molecule has 2 N–H and O–H groups in total. The summed E-state index contributed by atoms with van der Waals surface area (Å²) in [5.74, 6) is 0.633. The molecule has 1 aromatic carbocycles. The predicted molar refractivity (Wildman–Crippen MR) is 144 cm³/mol. The number of para-hydroxylation sites is 1. The maximum atomic E-state index is 13.3. The molecule has 0 saturated carbocycles. The van der Waals surface area contributed by atoms with E-state index in [4.69, 9.17) is 9.47 Å². The van der Waals surface area contributed by atoms with E-state index >= 15 is 0 Å². The molecule has 15 heteroatoms. The number of nitrogens with zero attached hydrogens (tertiary/aromatic N) is 6. The highest BCUT2D eigenvalue weighted by atomic mass is 19.4. The molecule has 5 rings (SSSR count). The molecule has 4 aromatic heterocycles. The van der Waals surface area contributed by atoms with E-state index in [1.807, 2.05) is 6.07 Å². The Morgan fingerprint density at radius 2 is 1.83 bits per heavy atom. The summed E-state index contributed by atoms with van der Waals surface area (Å²) in [6.45, 7) is 0. The standard InChI is InChI=1S/C27H19F3N8O4/c1-37-14-15(27(28,29)30)10-19(24(37)39)34-25-36-23-22(38(25)2)18(12-31)20(13-33-23)41-17-8-9-32-21(11-17)35-26(40)42-16-6-4-3-5-7-16/h3-11,13-14H,1-2H3,(H,32,35,40)(H,33,34,36). The van der Waals surface area contributed by atoms with E-state index in [0.29, 0.717) is 18.0 Å². The monoisotopic (exact) mass is 576 g/mol. The number of hydrogen-bond acceptors (Lipinski definition) is 9. The van der Waals surface area contributed by atoms with Gasteiger partial charge in [0.15, 0.2) is 11.4 Å². The molecule has 212 valence electrons. The molecule has 0 unspecified atom stereocenters. The lowest BCUT2D eigenvalue weighted by Gasteiger charge is -2.12. The number of benzene rings is 1. The Morgan fingerprint density at radius 1 is 1.07 bits per heavy atom. The number of halogens is 3. The molecular weight excluding hydrogens is 557 g/mol. The van der Waals surface area contributed by atoms with E-state index in [1.54, 1.807) is 30.3 Å². The Balaban J connectivity index is 1.42. The Morgan fingerprint density at radius 3 is 2.55 bits per heavy atom. The van der Waals surface area contributed by atoms with Crippen molar-refractivity contribution in [1.82, 2.24) is 24.1 Å². The van der Waals surface area contributed by atoms with Crippen LogP contribution in [0.3, 0.4) is 0 Å². The largest absolute Gasteiger partial charge is 0.454 e. The second-order valence-corrected chi connectivity index (χ2v) is 8.76. The van der Waals surface area contributed by atoms with Gasteiger partial charge in [0.1, 0.15) is 40.2 Å². The second-order valence-electron chi connectivity index (χ2n) is 8.76. The van der Waals surface area contributed by atoms with Crippen molar-refractivity contribution < 1.29 is 27.4 Å². The van der Waals surface area contributed by atoms with Gasteiger partial charge in [-0.3, -0.25) is 10.1 Å². The SMILES string of the molecule is Cn1cc(C(F)(F)F)cc(Nc2nc3ncc(Oc4ccnc(NC(=O)Oc5ccccc5)c4)c(C#N)c3n2C)c1=O. The van der Waals surface area contributed by atoms with E-state index < -0.39 is 23.4 Å². The van der Waals surface area contributed by atoms with Crippen LogP contribution in [0.15, 0.2) is 71.9 Å². The van der Waals surface area contributed by atoms with Crippen molar-refractivity contribution in [2.75, 3.05) is 10.6 Å². The van der Waals surface area contributed by atoms with Gasteiger partial charge < -0.3 is 23.9 Å². The van der Waals surface area contributed by atoms with Crippen LogP contribution >= 0.6 is 0 Å². The highest BCUT2D eigenvalue weighted by Gasteiger charge is 2.32. The van der Waals surface area contributed by atoms with Gasteiger partial charge in [0.05, 0.1) is 11.8 Å². The minimum atomic E-state index is -4.68. The highest BCUT2D eigenvalue weighted by molar-refractivity contribution is 5.86. The molecule has 0 saturated heterocycles. The summed E-state index contributed by atoms with van der Waals surface area (Å²) in [4.78, 5) is 37.2. The number of amides is 1. The summed E-state index contributed by atoms with van der Waals surface area (Å²) in [7, 11) is 2.69. The van der Waals surface area contributed by atoms with Crippen molar-refractivity contribution in [1.29, 1.82) is 5.26 Å². The Labute approximate surface area is 234 Å². The third-order valence-electron chi connectivity index (χ3n) is 5.88. The van der Waals surface area contributed by atoms with Gasteiger partial charge in [-0.2, -0.15) is 23.4 Å². The van der Waals surface area contributed by atoms with E-state index in [0.717, 1.165) is 4.57 Å². The van der Waals surface area contributed by atoms with Crippen LogP contribution in [0.2, 0.25) is 0 Å². The third-order valence-corrected chi connectivity index (χ3v) is 5.88. The number of alkyl halides is 3. The number of nitriles is 1. The lowest BCUT2D eigenvalue weighted by molar-refractivity contribution is -0.138. The average molecular weight is 576 g/mol. The minimum Gasteiger partial charge on any atom is -0.454 e. The van der Waals surface area contributed by atoms with Gasteiger partial charge in [-0.05, 0) is 24.3 Å². The molecule has 1 amide bonds. The van der Waals surface area contributed by atoms with E-state index in [2.05, 4.69) is 25.6 Å². The van der Waals surface area contributed by atoms with Crippen LogP contribution in [0, 0.1) is 11.3 Å². The van der Waals surface area contributed by atoms with Gasteiger partial charge in [0.25, 0.3) is 5.56 Å². The number of anilines is 3. The van der Waals surface area contributed by atoms with Gasteiger partial charge in [-0.1, -0.05) is 18.2 Å². The van der Waals surface area contributed by atoms with E-state index in [9.17, 15) is 28.0 Å². The summed E-state index contributed by atoms with van der Waals surface area (Å²) >= 11 is 0. The lowest BCUT2D eigenvalue weighted by Crippen LogP contribution is -2.23. The average Bonchev–Trinajstić information content (AvgIpc) is 3.26. The quantitative estimate of drug-likeness (QED) is 0.282. The number of nitrogens with one attached hydrogen (secondary N) is 2.